The molecule has 0 amide bonds. The third-order valence-electron chi connectivity index (χ3n) is 2.57. The molecule has 0 spiro atoms. The van der Waals surface area contributed by atoms with Crippen LogP contribution in [0.4, 0.5) is 17.3 Å². The molecule has 2 rings (SSSR count). The molecule has 2 aromatic rings. The van der Waals surface area contributed by atoms with E-state index in [-0.39, 0.29) is 11.7 Å². The predicted octanol–water partition coefficient (Wildman–Crippen LogP) is 2.31. The van der Waals surface area contributed by atoms with E-state index in [2.05, 4.69) is 15.3 Å². The number of hydrogen-bond acceptors (Lipinski definition) is 5. The van der Waals surface area contributed by atoms with E-state index in [4.69, 9.17) is 5.73 Å². The van der Waals surface area contributed by atoms with Crippen molar-refractivity contribution in [3.8, 4) is 0 Å². The van der Waals surface area contributed by atoms with Crippen LogP contribution in [-0.2, 0) is 0 Å². The molecule has 0 radical (unpaired) electrons. The second-order valence-electron chi connectivity index (χ2n) is 3.99. The minimum absolute atomic E-state index is 0.0496. The molecule has 92 valence electrons. The quantitative estimate of drug-likeness (QED) is 0.807. The van der Waals surface area contributed by atoms with E-state index in [1.54, 1.807) is 25.3 Å². The normalized spacial score (nSPS) is 10.1. The van der Waals surface area contributed by atoms with Crippen LogP contribution in [0, 0.1) is 6.92 Å². The lowest BCUT2D eigenvalue weighted by Crippen LogP contribution is -2.01. The lowest BCUT2D eigenvalue weighted by molar-refractivity contribution is 0.101. The van der Waals surface area contributed by atoms with Crippen molar-refractivity contribution in [2.45, 2.75) is 13.8 Å². The monoisotopic (exact) mass is 242 g/mol. The number of carbonyl (C=O) groups is 1. The van der Waals surface area contributed by atoms with Crippen molar-refractivity contribution in [1.82, 2.24) is 9.97 Å². The Morgan fingerprint density at radius 1 is 1.28 bits per heavy atom. The number of nitrogens with one attached hydrogen (secondary N) is 1. The summed E-state index contributed by atoms with van der Waals surface area (Å²) in [5, 5.41) is 3.17. The average Bonchev–Trinajstić information content (AvgIpc) is 2.33. The molecule has 0 unspecified atom stereocenters. The number of hydrogen-bond donors (Lipinski definition) is 2. The van der Waals surface area contributed by atoms with Crippen LogP contribution in [0.25, 0.3) is 0 Å². The largest absolute Gasteiger partial charge is 0.368 e. The van der Waals surface area contributed by atoms with Gasteiger partial charge in [-0.2, -0.15) is 0 Å². The molecule has 1 heterocycles. The summed E-state index contributed by atoms with van der Waals surface area (Å²) in [6.45, 7) is 3.39. The highest BCUT2D eigenvalue weighted by molar-refractivity contribution is 5.94. The summed E-state index contributed by atoms with van der Waals surface area (Å²) in [4.78, 5) is 19.1. The summed E-state index contributed by atoms with van der Waals surface area (Å²) in [6, 6.07) is 7.23. The van der Waals surface area contributed by atoms with Gasteiger partial charge >= 0.3 is 0 Å². The standard InChI is InChI=1S/C13H14N4O/c1-8-12(7-15-13(14)16-8)17-11-5-3-10(4-6-11)9(2)18/h3-7,17H,1-2H3,(H2,14,15,16). The molecule has 3 N–H and O–H groups in total. The molecule has 18 heavy (non-hydrogen) atoms. The Bertz CT molecular complexity index is 578. The van der Waals surface area contributed by atoms with Crippen LogP contribution in [0.1, 0.15) is 23.0 Å². The molecule has 0 fully saturated rings. The summed E-state index contributed by atoms with van der Waals surface area (Å²) in [5.74, 6) is 0.304. The number of aryl methyl sites for hydroxylation is 1. The molecule has 5 nitrogen and oxygen atoms in total. The van der Waals surface area contributed by atoms with Crippen molar-refractivity contribution in [1.29, 1.82) is 0 Å². The first kappa shape index (κ1) is 12.0. The maximum absolute atomic E-state index is 11.2. The fourth-order valence-corrected chi connectivity index (χ4v) is 1.55. The van der Waals surface area contributed by atoms with E-state index in [9.17, 15) is 4.79 Å². The van der Waals surface area contributed by atoms with Crippen LogP contribution in [0.2, 0.25) is 0 Å². The fraction of sp³-hybridized carbons (Fsp3) is 0.154. The van der Waals surface area contributed by atoms with Gasteiger partial charge in [-0.3, -0.25) is 4.79 Å². The zero-order valence-electron chi connectivity index (χ0n) is 10.3. The summed E-state index contributed by atoms with van der Waals surface area (Å²) in [5.41, 5.74) is 8.61. The van der Waals surface area contributed by atoms with Gasteiger partial charge in [-0.25, -0.2) is 9.97 Å². The SMILES string of the molecule is CC(=O)c1ccc(Nc2cnc(N)nc2C)cc1. The van der Waals surface area contributed by atoms with E-state index < -0.39 is 0 Å². The number of aromatic nitrogens is 2. The zero-order chi connectivity index (χ0) is 13.1. The number of nitrogen functional groups attached to an aromatic ring is 1. The van der Waals surface area contributed by atoms with Crippen LogP contribution in [0.5, 0.6) is 0 Å². The maximum atomic E-state index is 11.2. The van der Waals surface area contributed by atoms with E-state index in [1.807, 2.05) is 19.1 Å². The Morgan fingerprint density at radius 3 is 2.50 bits per heavy atom. The first-order chi connectivity index (χ1) is 8.56. The van der Waals surface area contributed by atoms with Crippen molar-refractivity contribution in [3.05, 3.63) is 41.7 Å². The van der Waals surface area contributed by atoms with Gasteiger partial charge in [0.25, 0.3) is 0 Å². The van der Waals surface area contributed by atoms with Crippen LogP contribution >= 0.6 is 0 Å². The van der Waals surface area contributed by atoms with Gasteiger partial charge in [0, 0.05) is 11.3 Å². The van der Waals surface area contributed by atoms with Gasteiger partial charge in [0.15, 0.2) is 5.78 Å². The Morgan fingerprint density at radius 2 is 1.94 bits per heavy atom. The highest BCUT2D eigenvalue weighted by Crippen LogP contribution is 2.19. The lowest BCUT2D eigenvalue weighted by Gasteiger charge is -2.09. The average molecular weight is 242 g/mol. The molecular formula is C13H14N4O. The van der Waals surface area contributed by atoms with Crippen molar-refractivity contribution < 1.29 is 4.79 Å². The number of ketones is 1. The van der Waals surface area contributed by atoms with Crippen LogP contribution < -0.4 is 11.1 Å². The topological polar surface area (TPSA) is 80.9 Å². The summed E-state index contributed by atoms with van der Waals surface area (Å²) in [7, 11) is 0. The molecule has 5 heteroatoms. The fourth-order valence-electron chi connectivity index (χ4n) is 1.55. The van der Waals surface area contributed by atoms with Gasteiger partial charge in [0.05, 0.1) is 17.6 Å². The second-order valence-corrected chi connectivity index (χ2v) is 3.99. The van der Waals surface area contributed by atoms with Gasteiger partial charge in [-0.05, 0) is 38.1 Å². The van der Waals surface area contributed by atoms with E-state index in [0.717, 1.165) is 17.1 Å². The second kappa shape index (κ2) is 4.83. The van der Waals surface area contributed by atoms with Gasteiger partial charge in [0.2, 0.25) is 5.95 Å². The molecule has 0 aliphatic heterocycles. The number of Topliss-reactive ketones (excluding diaryl/α,β-unsaturated/α-hetero) is 1. The minimum Gasteiger partial charge on any atom is -0.368 e. The van der Waals surface area contributed by atoms with Crippen molar-refractivity contribution >= 4 is 23.1 Å². The molecule has 0 aliphatic carbocycles. The molecule has 0 bridgehead atoms. The first-order valence-electron chi connectivity index (χ1n) is 5.53. The lowest BCUT2D eigenvalue weighted by atomic mass is 10.1. The molecule has 0 saturated heterocycles. The highest BCUT2D eigenvalue weighted by atomic mass is 16.1. The molecule has 0 aliphatic rings. The number of rotatable bonds is 3. The predicted molar refractivity (Wildman–Crippen MR) is 70.9 cm³/mol. The van der Waals surface area contributed by atoms with Crippen molar-refractivity contribution in [2.75, 3.05) is 11.1 Å². The van der Waals surface area contributed by atoms with Gasteiger partial charge in [0.1, 0.15) is 0 Å². The maximum Gasteiger partial charge on any atom is 0.220 e. The number of carbonyl (C=O) groups excluding carboxylic acids is 1. The third-order valence-corrected chi connectivity index (χ3v) is 2.57. The van der Waals surface area contributed by atoms with Crippen LogP contribution in [-0.4, -0.2) is 15.8 Å². The Kier molecular flexibility index (Phi) is 3.23. The Labute approximate surface area is 105 Å². The molecule has 1 aromatic carbocycles. The van der Waals surface area contributed by atoms with E-state index in [0.29, 0.717) is 5.56 Å². The van der Waals surface area contributed by atoms with Gasteiger partial charge < -0.3 is 11.1 Å². The number of anilines is 3. The number of benzene rings is 1. The summed E-state index contributed by atoms with van der Waals surface area (Å²) < 4.78 is 0. The minimum atomic E-state index is 0.0496. The molecule has 0 atom stereocenters. The summed E-state index contributed by atoms with van der Waals surface area (Å²) in [6.07, 6.45) is 1.64. The van der Waals surface area contributed by atoms with Crippen LogP contribution in [0.3, 0.4) is 0 Å². The van der Waals surface area contributed by atoms with Crippen molar-refractivity contribution in [2.24, 2.45) is 0 Å². The van der Waals surface area contributed by atoms with Gasteiger partial charge in [-0.1, -0.05) is 0 Å². The van der Waals surface area contributed by atoms with E-state index >= 15 is 0 Å². The van der Waals surface area contributed by atoms with Gasteiger partial charge in [-0.15, -0.1) is 0 Å². The smallest absolute Gasteiger partial charge is 0.220 e. The Hall–Kier alpha value is -2.43. The van der Waals surface area contributed by atoms with Crippen molar-refractivity contribution in [3.63, 3.8) is 0 Å². The summed E-state index contributed by atoms with van der Waals surface area (Å²) >= 11 is 0. The van der Waals surface area contributed by atoms with E-state index in [1.165, 1.54) is 0 Å². The molecule has 0 saturated carbocycles. The number of nitrogens with zero attached hydrogens (tertiary/aromatic N) is 2. The van der Waals surface area contributed by atoms with Crippen LogP contribution in [0.15, 0.2) is 30.5 Å². The first-order valence-corrected chi connectivity index (χ1v) is 5.53. The third kappa shape index (κ3) is 2.63. The zero-order valence-corrected chi connectivity index (χ0v) is 10.3. The highest BCUT2D eigenvalue weighted by Gasteiger charge is 2.03. The molecule has 1 aromatic heterocycles. The number of nitrogens with two attached hydrogens (primary N) is 1. The molecular weight excluding hydrogens is 228 g/mol. The Balaban J connectivity index is 2.21.